The molecule has 5 nitrogen and oxygen atoms in total. The van der Waals surface area contributed by atoms with Gasteiger partial charge in [-0.05, 0) is 12.1 Å². The molecule has 0 aliphatic rings. The van der Waals surface area contributed by atoms with Crippen molar-refractivity contribution in [1.29, 1.82) is 5.26 Å². The third kappa shape index (κ3) is 1.83. The van der Waals surface area contributed by atoms with Gasteiger partial charge in [0.15, 0.2) is 0 Å². The maximum absolute atomic E-state index is 13.4. The van der Waals surface area contributed by atoms with Crippen molar-refractivity contribution in [2.24, 2.45) is 0 Å². The second kappa shape index (κ2) is 3.98. The molecule has 0 radical (unpaired) electrons. The summed E-state index contributed by atoms with van der Waals surface area (Å²) in [6, 6.07) is 6.27. The molecule has 2 aromatic rings. The van der Waals surface area contributed by atoms with Crippen LogP contribution in [0.1, 0.15) is 11.4 Å². The summed E-state index contributed by atoms with van der Waals surface area (Å²) in [5, 5.41) is 12.4. The number of halogens is 1. The number of nitrogen functional groups attached to an aromatic ring is 1. The number of hydrogen-bond donors (Lipinski definition) is 1. The van der Waals surface area contributed by atoms with Crippen LogP contribution in [0.15, 0.2) is 24.5 Å². The first-order chi connectivity index (χ1) is 7.70. The van der Waals surface area contributed by atoms with E-state index in [1.165, 1.54) is 23.1 Å². The molecule has 2 N–H and O–H groups in total. The molecular formula is C10H8FN5. The zero-order valence-corrected chi connectivity index (χ0v) is 8.26. The predicted octanol–water partition coefficient (Wildman–Crippen LogP) is 0.919. The molecule has 2 rings (SSSR count). The fraction of sp³-hybridized carbons (Fsp3) is 0.100. The van der Waals surface area contributed by atoms with Crippen molar-refractivity contribution >= 4 is 5.69 Å². The van der Waals surface area contributed by atoms with Crippen LogP contribution in [0.3, 0.4) is 0 Å². The molecule has 0 spiro atoms. The van der Waals surface area contributed by atoms with Crippen LogP contribution < -0.4 is 5.73 Å². The number of nitrogens with zero attached hydrogens (tertiary/aromatic N) is 4. The summed E-state index contributed by atoms with van der Waals surface area (Å²) in [4.78, 5) is 3.72. The first-order valence-corrected chi connectivity index (χ1v) is 4.53. The fourth-order valence-electron chi connectivity index (χ4n) is 1.33. The Morgan fingerprint density at radius 1 is 1.50 bits per heavy atom. The zero-order chi connectivity index (χ0) is 11.5. The van der Waals surface area contributed by atoms with E-state index >= 15 is 0 Å². The Morgan fingerprint density at radius 2 is 2.31 bits per heavy atom. The highest BCUT2D eigenvalue weighted by atomic mass is 19.1. The highest BCUT2D eigenvalue weighted by Crippen LogP contribution is 2.16. The second-order valence-electron chi connectivity index (χ2n) is 3.19. The molecule has 0 bridgehead atoms. The standard InChI is InChI=1S/C10H8FN5/c11-8-2-1-3-9(13)7(8)5-16-6-14-10(4-12)15-16/h1-3,6H,5,13H2. The lowest BCUT2D eigenvalue weighted by atomic mass is 10.1. The van der Waals surface area contributed by atoms with E-state index in [-0.39, 0.29) is 12.4 Å². The van der Waals surface area contributed by atoms with Gasteiger partial charge < -0.3 is 5.73 Å². The Balaban J connectivity index is 2.31. The number of aromatic nitrogens is 3. The van der Waals surface area contributed by atoms with Crippen molar-refractivity contribution in [2.75, 3.05) is 5.73 Å². The predicted molar refractivity (Wildman–Crippen MR) is 54.7 cm³/mol. The first-order valence-electron chi connectivity index (χ1n) is 4.53. The summed E-state index contributed by atoms with van der Waals surface area (Å²) >= 11 is 0. The highest BCUT2D eigenvalue weighted by molar-refractivity contribution is 5.47. The van der Waals surface area contributed by atoms with Gasteiger partial charge >= 0.3 is 0 Å². The van der Waals surface area contributed by atoms with Crippen LogP contribution in [-0.4, -0.2) is 14.8 Å². The van der Waals surface area contributed by atoms with Crippen LogP contribution in [0, 0.1) is 17.1 Å². The molecule has 0 saturated heterocycles. The Bertz CT molecular complexity index is 534. The van der Waals surface area contributed by atoms with Gasteiger partial charge in [0.25, 0.3) is 5.82 Å². The van der Waals surface area contributed by atoms with Gasteiger partial charge in [0, 0.05) is 11.3 Å². The first kappa shape index (κ1) is 10.1. The van der Waals surface area contributed by atoms with Gasteiger partial charge in [-0.15, -0.1) is 5.10 Å². The van der Waals surface area contributed by atoms with E-state index in [4.69, 9.17) is 11.0 Å². The van der Waals surface area contributed by atoms with Gasteiger partial charge in [0.05, 0.1) is 6.54 Å². The third-order valence-corrected chi connectivity index (χ3v) is 2.11. The lowest BCUT2D eigenvalue weighted by Gasteiger charge is -2.05. The number of nitrogens with two attached hydrogens (primary N) is 1. The lowest BCUT2D eigenvalue weighted by Crippen LogP contribution is -2.06. The summed E-state index contributed by atoms with van der Waals surface area (Å²) < 4.78 is 14.8. The maximum Gasteiger partial charge on any atom is 0.252 e. The van der Waals surface area contributed by atoms with Gasteiger partial charge in [-0.1, -0.05) is 6.07 Å². The molecule has 6 heteroatoms. The summed E-state index contributed by atoms with van der Waals surface area (Å²) in [5.41, 5.74) is 6.34. The Morgan fingerprint density at radius 3 is 2.94 bits per heavy atom. The van der Waals surface area contributed by atoms with Crippen LogP contribution in [0.5, 0.6) is 0 Å². The SMILES string of the molecule is N#Cc1ncn(Cc2c(N)cccc2F)n1. The van der Waals surface area contributed by atoms with Gasteiger partial charge in [0.2, 0.25) is 0 Å². The molecule has 80 valence electrons. The molecule has 1 heterocycles. The Kier molecular flexibility index (Phi) is 2.52. The molecule has 1 aromatic heterocycles. The van der Waals surface area contributed by atoms with Crippen LogP contribution in [-0.2, 0) is 6.54 Å². The van der Waals surface area contributed by atoms with Gasteiger partial charge in [-0.3, -0.25) is 0 Å². The minimum atomic E-state index is -0.394. The van der Waals surface area contributed by atoms with Crippen molar-refractivity contribution in [1.82, 2.24) is 14.8 Å². The average Bonchev–Trinajstić information content (AvgIpc) is 2.71. The summed E-state index contributed by atoms with van der Waals surface area (Å²) in [7, 11) is 0. The average molecular weight is 217 g/mol. The van der Waals surface area contributed by atoms with Crippen molar-refractivity contribution in [2.45, 2.75) is 6.54 Å². The molecule has 0 aliphatic carbocycles. The van der Waals surface area contributed by atoms with Crippen molar-refractivity contribution in [3.63, 3.8) is 0 Å². The lowest BCUT2D eigenvalue weighted by molar-refractivity contribution is 0.586. The van der Waals surface area contributed by atoms with E-state index in [1.54, 1.807) is 12.1 Å². The van der Waals surface area contributed by atoms with Crippen LogP contribution in [0.25, 0.3) is 0 Å². The van der Waals surface area contributed by atoms with Crippen molar-refractivity contribution in [3.8, 4) is 6.07 Å². The number of nitriles is 1. The second-order valence-corrected chi connectivity index (χ2v) is 3.19. The van der Waals surface area contributed by atoms with Gasteiger partial charge in [-0.25, -0.2) is 14.1 Å². The van der Waals surface area contributed by atoms with Crippen LogP contribution >= 0.6 is 0 Å². The molecule has 0 fully saturated rings. The van der Waals surface area contributed by atoms with Gasteiger partial charge in [-0.2, -0.15) is 5.26 Å². The molecular weight excluding hydrogens is 209 g/mol. The van der Waals surface area contributed by atoms with E-state index in [2.05, 4.69) is 10.1 Å². The highest BCUT2D eigenvalue weighted by Gasteiger charge is 2.08. The van der Waals surface area contributed by atoms with E-state index in [9.17, 15) is 4.39 Å². The molecule has 0 saturated carbocycles. The Hall–Kier alpha value is -2.42. The van der Waals surface area contributed by atoms with Gasteiger partial charge in [0.1, 0.15) is 18.2 Å². The molecule has 0 aliphatic heterocycles. The monoisotopic (exact) mass is 217 g/mol. The molecule has 0 atom stereocenters. The minimum absolute atomic E-state index is 0.0508. The zero-order valence-electron chi connectivity index (χ0n) is 8.26. The summed E-state index contributed by atoms with van der Waals surface area (Å²) in [5.74, 6) is -0.344. The van der Waals surface area contributed by atoms with E-state index in [1.807, 2.05) is 0 Å². The third-order valence-electron chi connectivity index (χ3n) is 2.11. The Labute approximate surface area is 90.9 Å². The van der Waals surface area contributed by atoms with Crippen molar-refractivity contribution < 1.29 is 4.39 Å². The van der Waals surface area contributed by atoms with E-state index in [0.29, 0.717) is 11.3 Å². The summed E-state index contributed by atoms with van der Waals surface area (Å²) in [6.07, 6.45) is 1.37. The minimum Gasteiger partial charge on any atom is -0.398 e. The van der Waals surface area contributed by atoms with Crippen molar-refractivity contribution in [3.05, 3.63) is 41.7 Å². The maximum atomic E-state index is 13.4. The largest absolute Gasteiger partial charge is 0.398 e. The topological polar surface area (TPSA) is 80.5 Å². The quantitative estimate of drug-likeness (QED) is 0.758. The van der Waals surface area contributed by atoms with Crippen LogP contribution in [0.2, 0.25) is 0 Å². The molecule has 1 aromatic carbocycles. The number of hydrogen-bond acceptors (Lipinski definition) is 4. The number of rotatable bonds is 2. The summed E-state index contributed by atoms with van der Waals surface area (Å²) in [6.45, 7) is 0.160. The number of benzene rings is 1. The smallest absolute Gasteiger partial charge is 0.252 e. The van der Waals surface area contributed by atoms with Crippen LogP contribution in [0.4, 0.5) is 10.1 Å². The fourth-order valence-corrected chi connectivity index (χ4v) is 1.33. The normalized spacial score (nSPS) is 10.0. The molecule has 16 heavy (non-hydrogen) atoms. The van der Waals surface area contributed by atoms with E-state index < -0.39 is 5.82 Å². The van der Waals surface area contributed by atoms with E-state index in [0.717, 1.165) is 0 Å². The number of anilines is 1. The molecule has 0 amide bonds. The molecule has 0 unspecified atom stereocenters.